The Labute approximate surface area is 150 Å². The molecule has 3 aromatic rings. The highest BCUT2D eigenvalue weighted by Crippen LogP contribution is 2.34. The molecule has 0 radical (unpaired) electrons. The van der Waals surface area contributed by atoms with Crippen molar-refractivity contribution in [3.8, 4) is 0 Å². The lowest BCUT2D eigenvalue weighted by molar-refractivity contribution is 0.198. The van der Waals surface area contributed by atoms with Gasteiger partial charge in [-0.2, -0.15) is 4.52 Å². The molecule has 0 aromatic carbocycles. The minimum Gasteiger partial charge on any atom is -0.354 e. The zero-order valence-electron chi connectivity index (χ0n) is 14.4. The van der Waals surface area contributed by atoms with Crippen LogP contribution >= 0.6 is 0 Å². The number of hydrogen-bond acceptors (Lipinski definition) is 6. The van der Waals surface area contributed by atoms with Gasteiger partial charge in [-0.1, -0.05) is 0 Å². The predicted octanol–water partition coefficient (Wildman–Crippen LogP) is 1.76. The van der Waals surface area contributed by atoms with Gasteiger partial charge in [0.2, 0.25) is 0 Å². The van der Waals surface area contributed by atoms with Crippen LogP contribution in [0.2, 0.25) is 0 Å². The van der Waals surface area contributed by atoms with Crippen molar-refractivity contribution in [3.63, 3.8) is 0 Å². The zero-order valence-corrected chi connectivity index (χ0v) is 14.4. The van der Waals surface area contributed by atoms with Gasteiger partial charge in [0, 0.05) is 37.4 Å². The quantitative estimate of drug-likeness (QED) is 0.715. The summed E-state index contributed by atoms with van der Waals surface area (Å²) in [4.78, 5) is 8.58. The van der Waals surface area contributed by atoms with Crippen LogP contribution in [-0.4, -0.2) is 55.4 Å². The molecular formula is C18H20FN7. The Balaban J connectivity index is 1.36. The van der Waals surface area contributed by atoms with Crippen LogP contribution in [0.15, 0.2) is 36.9 Å². The summed E-state index contributed by atoms with van der Waals surface area (Å²) in [6, 6.07) is 6.16. The molecule has 2 atom stereocenters. The number of fused-ring (bicyclic) bond motifs is 2. The number of anilines is 1. The Hall–Kier alpha value is -2.61. The molecule has 2 aliphatic rings. The molecule has 3 aromatic heterocycles. The van der Waals surface area contributed by atoms with E-state index in [0.29, 0.717) is 18.5 Å². The second-order valence-electron chi connectivity index (χ2n) is 7.11. The molecule has 26 heavy (non-hydrogen) atoms. The van der Waals surface area contributed by atoms with Crippen molar-refractivity contribution in [3.05, 3.63) is 48.3 Å². The lowest BCUT2D eigenvalue weighted by Gasteiger charge is -2.39. The zero-order chi connectivity index (χ0) is 17.5. The Kier molecular flexibility index (Phi) is 3.77. The predicted molar refractivity (Wildman–Crippen MR) is 94.1 cm³/mol. The lowest BCUT2D eigenvalue weighted by Crippen LogP contribution is -2.48. The molecule has 134 valence electrons. The van der Waals surface area contributed by atoms with Gasteiger partial charge in [-0.05, 0) is 43.5 Å². The number of pyridine rings is 1. The highest BCUT2D eigenvalue weighted by atomic mass is 19.1. The summed E-state index contributed by atoms with van der Waals surface area (Å²) >= 11 is 0. The standard InChI is InChI=1S/C18H20FN7/c19-15-9-20-6-3-14(15)10-24-7-4-13-5-8-25(11-16(13)24)18-2-1-17-22-21-12-26(17)23-18/h1-3,6,9,12-13,16H,4-5,7-8,10-11H2. The van der Waals surface area contributed by atoms with E-state index in [1.807, 2.05) is 12.1 Å². The van der Waals surface area contributed by atoms with Gasteiger partial charge in [0.15, 0.2) is 5.65 Å². The van der Waals surface area contributed by atoms with Crippen molar-refractivity contribution >= 4 is 11.5 Å². The third kappa shape index (κ3) is 2.70. The minimum absolute atomic E-state index is 0.219. The topological polar surface area (TPSA) is 62.5 Å². The molecule has 0 saturated carbocycles. The normalized spacial score (nSPS) is 23.5. The highest BCUT2D eigenvalue weighted by molar-refractivity contribution is 5.45. The van der Waals surface area contributed by atoms with Crippen LogP contribution < -0.4 is 4.90 Å². The van der Waals surface area contributed by atoms with E-state index in [2.05, 4.69) is 30.1 Å². The number of nitrogens with zero attached hydrogens (tertiary/aromatic N) is 7. The van der Waals surface area contributed by atoms with Crippen molar-refractivity contribution in [2.24, 2.45) is 5.92 Å². The smallest absolute Gasteiger partial charge is 0.177 e. The van der Waals surface area contributed by atoms with Gasteiger partial charge >= 0.3 is 0 Å². The molecule has 0 amide bonds. The Morgan fingerprint density at radius 3 is 3.00 bits per heavy atom. The van der Waals surface area contributed by atoms with E-state index >= 15 is 0 Å². The number of halogens is 1. The van der Waals surface area contributed by atoms with Crippen molar-refractivity contribution in [1.82, 2.24) is 29.7 Å². The minimum atomic E-state index is -0.219. The van der Waals surface area contributed by atoms with E-state index < -0.39 is 0 Å². The summed E-state index contributed by atoms with van der Waals surface area (Å²) in [5, 5.41) is 12.5. The van der Waals surface area contributed by atoms with E-state index in [-0.39, 0.29) is 5.82 Å². The summed E-state index contributed by atoms with van der Waals surface area (Å²) in [7, 11) is 0. The maximum absolute atomic E-state index is 14.0. The van der Waals surface area contributed by atoms with Gasteiger partial charge in [0.25, 0.3) is 0 Å². The van der Waals surface area contributed by atoms with Crippen molar-refractivity contribution in [1.29, 1.82) is 0 Å². The van der Waals surface area contributed by atoms with E-state index in [1.54, 1.807) is 23.1 Å². The van der Waals surface area contributed by atoms with Crippen molar-refractivity contribution in [2.75, 3.05) is 24.5 Å². The van der Waals surface area contributed by atoms with Crippen molar-refractivity contribution < 1.29 is 4.39 Å². The van der Waals surface area contributed by atoms with E-state index in [9.17, 15) is 4.39 Å². The first-order valence-corrected chi connectivity index (χ1v) is 9.02. The second kappa shape index (κ2) is 6.28. The van der Waals surface area contributed by atoms with Crippen LogP contribution in [-0.2, 0) is 6.54 Å². The number of aromatic nitrogens is 5. The number of rotatable bonds is 3. The molecule has 0 bridgehead atoms. The average molecular weight is 353 g/mol. The van der Waals surface area contributed by atoms with Crippen LogP contribution in [0.25, 0.3) is 5.65 Å². The maximum Gasteiger partial charge on any atom is 0.177 e. The van der Waals surface area contributed by atoms with Gasteiger partial charge in [-0.3, -0.25) is 9.88 Å². The van der Waals surface area contributed by atoms with E-state index in [4.69, 9.17) is 0 Å². The van der Waals surface area contributed by atoms with Crippen LogP contribution in [0.5, 0.6) is 0 Å². The Bertz CT molecular complexity index is 927. The molecule has 8 heteroatoms. The fourth-order valence-electron chi connectivity index (χ4n) is 4.27. The second-order valence-corrected chi connectivity index (χ2v) is 7.11. The lowest BCUT2D eigenvalue weighted by atomic mass is 9.92. The monoisotopic (exact) mass is 353 g/mol. The highest BCUT2D eigenvalue weighted by Gasteiger charge is 2.38. The fraction of sp³-hybridized carbons (Fsp3) is 0.444. The summed E-state index contributed by atoms with van der Waals surface area (Å²) in [5.41, 5.74) is 1.47. The first-order chi connectivity index (χ1) is 12.8. The van der Waals surface area contributed by atoms with Crippen LogP contribution in [0.4, 0.5) is 10.2 Å². The third-order valence-corrected chi connectivity index (χ3v) is 5.68. The third-order valence-electron chi connectivity index (χ3n) is 5.68. The summed E-state index contributed by atoms with van der Waals surface area (Å²) in [6.07, 6.45) is 6.91. The number of hydrogen-bond donors (Lipinski definition) is 0. The molecule has 2 aliphatic heterocycles. The molecule has 5 rings (SSSR count). The van der Waals surface area contributed by atoms with E-state index in [1.165, 1.54) is 12.6 Å². The molecule has 2 saturated heterocycles. The molecule has 2 unspecified atom stereocenters. The number of likely N-dealkylation sites (tertiary alicyclic amines) is 1. The largest absolute Gasteiger partial charge is 0.354 e. The van der Waals surface area contributed by atoms with Crippen LogP contribution in [0.3, 0.4) is 0 Å². The van der Waals surface area contributed by atoms with Gasteiger partial charge in [-0.15, -0.1) is 15.3 Å². The first-order valence-electron chi connectivity index (χ1n) is 9.02. The van der Waals surface area contributed by atoms with Gasteiger partial charge in [0.05, 0.1) is 6.20 Å². The number of piperidine rings is 1. The maximum atomic E-state index is 14.0. The van der Waals surface area contributed by atoms with Gasteiger partial charge in [0.1, 0.15) is 18.0 Å². The summed E-state index contributed by atoms with van der Waals surface area (Å²) in [5.74, 6) is 1.40. The summed E-state index contributed by atoms with van der Waals surface area (Å²) in [6.45, 7) is 3.57. The molecule has 5 heterocycles. The summed E-state index contributed by atoms with van der Waals surface area (Å²) < 4.78 is 15.7. The molecule has 0 N–H and O–H groups in total. The Morgan fingerprint density at radius 1 is 1.15 bits per heavy atom. The van der Waals surface area contributed by atoms with Crippen LogP contribution in [0, 0.1) is 11.7 Å². The van der Waals surface area contributed by atoms with E-state index in [0.717, 1.165) is 43.1 Å². The average Bonchev–Trinajstić information content (AvgIpc) is 3.29. The van der Waals surface area contributed by atoms with Gasteiger partial charge < -0.3 is 4.90 Å². The van der Waals surface area contributed by atoms with Crippen LogP contribution in [0.1, 0.15) is 18.4 Å². The fourth-order valence-corrected chi connectivity index (χ4v) is 4.27. The SMILES string of the molecule is Fc1cnccc1CN1CCC2CCN(c3ccc4nncn4n3)CC21. The molecule has 0 aliphatic carbocycles. The molecule has 2 fully saturated rings. The molecule has 7 nitrogen and oxygen atoms in total. The first kappa shape index (κ1) is 15.6. The van der Waals surface area contributed by atoms with Gasteiger partial charge in [-0.25, -0.2) is 4.39 Å². The van der Waals surface area contributed by atoms with Crippen molar-refractivity contribution in [2.45, 2.75) is 25.4 Å². The molecule has 0 spiro atoms. The molecular weight excluding hydrogens is 333 g/mol. The Morgan fingerprint density at radius 2 is 2.08 bits per heavy atom.